The lowest BCUT2D eigenvalue weighted by atomic mass is 9.97. The van der Waals surface area contributed by atoms with Crippen molar-refractivity contribution >= 4 is 23.2 Å². The van der Waals surface area contributed by atoms with Crippen LogP contribution in [0.15, 0.2) is 42.5 Å². The van der Waals surface area contributed by atoms with E-state index in [0.29, 0.717) is 12.5 Å². The Kier molecular flexibility index (Phi) is 5.64. The third kappa shape index (κ3) is 3.90. The molecule has 1 heterocycles. The Morgan fingerprint density at radius 3 is 2.63 bits per heavy atom. The van der Waals surface area contributed by atoms with Crippen LogP contribution in [0, 0.1) is 12.8 Å². The van der Waals surface area contributed by atoms with Crippen LogP contribution in [0.5, 0.6) is 0 Å². The fraction of sp³-hybridized carbons (Fsp3) is 0.391. The third-order valence-corrected chi connectivity index (χ3v) is 5.31. The number of carbonyl (C=O) groups is 2. The topological polar surface area (TPSA) is 49.4 Å². The molecule has 1 fully saturated rings. The van der Waals surface area contributed by atoms with Crippen LogP contribution in [0.2, 0.25) is 0 Å². The first kappa shape index (κ1) is 19.2. The lowest BCUT2D eigenvalue weighted by molar-refractivity contribution is -0.122. The van der Waals surface area contributed by atoms with Gasteiger partial charge in [-0.2, -0.15) is 0 Å². The Morgan fingerprint density at radius 2 is 1.93 bits per heavy atom. The number of hydrogen-bond donors (Lipinski definition) is 1. The van der Waals surface area contributed by atoms with Crippen LogP contribution in [-0.4, -0.2) is 18.4 Å². The van der Waals surface area contributed by atoms with E-state index in [4.69, 9.17) is 0 Å². The fourth-order valence-electron chi connectivity index (χ4n) is 3.80. The Hall–Kier alpha value is -2.62. The SMILES string of the molecule is CCc1ccccc1NC(=O)C1CC(=O)N(c2c(C)cccc2C(C)C)C1. The van der Waals surface area contributed by atoms with E-state index in [1.165, 1.54) is 0 Å². The van der Waals surface area contributed by atoms with Gasteiger partial charge >= 0.3 is 0 Å². The lowest BCUT2D eigenvalue weighted by Crippen LogP contribution is -2.29. The summed E-state index contributed by atoms with van der Waals surface area (Å²) in [4.78, 5) is 27.4. The van der Waals surface area contributed by atoms with Gasteiger partial charge < -0.3 is 10.2 Å². The highest BCUT2D eigenvalue weighted by Crippen LogP contribution is 2.35. The second kappa shape index (κ2) is 7.95. The molecule has 0 aromatic heterocycles. The normalized spacial score (nSPS) is 16.9. The van der Waals surface area contributed by atoms with Gasteiger partial charge in [0.1, 0.15) is 0 Å². The van der Waals surface area contributed by atoms with E-state index in [-0.39, 0.29) is 24.2 Å². The first-order valence-corrected chi connectivity index (χ1v) is 9.71. The van der Waals surface area contributed by atoms with E-state index in [1.807, 2.05) is 43.3 Å². The van der Waals surface area contributed by atoms with Crippen molar-refractivity contribution in [2.24, 2.45) is 5.92 Å². The molecule has 0 aliphatic carbocycles. The van der Waals surface area contributed by atoms with Crippen LogP contribution in [0.1, 0.15) is 49.8 Å². The predicted molar refractivity (Wildman–Crippen MR) is 110 cm³/mol. The Bertz CT molecular complexity index is 857. The van der Waals surface area contributed by atoms with Crippen LogP contribution in [0.25, 0.3) is 0 Å². The van der Waals surface area contributed by atoms with E-state index in [0.717, 1.165) is 34.5 Å². The number of hydrogen-bond acceptors (Lipinski definition) is 2. The lowest BCUT2D eigenvalue weighted by Gasteiger charge is -2.24. The van der Waals surface area contributed by atoms with Crippen molar-refractivity contribution in [2.75, 3.05) is 16.8 Å². The summed E-state index contributed by atoms with van der Waals surface area (Å²) in [7, 11) is 0. The molecule has 1 N–H and O–H groups in total. The largest absolute Gasteiger partial charge is 0.326 e. The molecule has 0 radical (unpaired) electrons. The first-order valence-electron chi connectivity index (χ1n) is 9.71. The van der Waals surface area contributed by atoms with Gasteiger partial charge in [-0.05, 0) is 42.0 Å². The molecule has 27 heavy (non-hydrogen) atoms. The zero-order chi connectivity index (χ0) is 19.6. The zero-order valence-electron chi connectivity index (χ0n) is 16.6. The third-order valence-electron chi connectivity index (χ3n) is 5.31. The summed E-state index contributed by atoms with van der Waals surface area (Å²) in [6.45, 7) is 8.79. The molecule has 1 saturated heterocycles. The van der Waals surface area contributed by atoms with Gasteiger partial charge in [0.2, 0.25) is 11.8 Å². The molecule has 0 spiro atoms. The fourth-order valence-corrected chi connectivity index (χ4v) is 3.80. The van der Waals surface area contributed by atoms with Gasteiger partial charge in [0.15, 0.2) is 0 Å². The summed E-state index contributed by atoms with van der Waals surface area (Å²) in [5, 5.41) is 3.03. The van der Waals surface area contributed by atoms with Crippen molar-refractivity contribution in [1.82, 2.24) is 0 Å². The van der Waals surface area contributed by atoms with Gasteiger partial charge in [-0.25, -0.2) is 0 Å². The van der Waals surface area contributed by atoms with Gasteiger partial charge in [0.25, 0.3) is 0 Å². The number of amides is 2. The smallest absolute Gasteiger partial charge is 0.229 e. The summed E-state index contributed by atoms with van der Waals surface area (Å²) in [6.07, 6.45) is 1.11. The highest BCUT2D eigenvalue weighted by atomic mass is 16.2. The second-order valence-electron chi connectivity index (χ2n) is 7.57. The van der Waals surface area contributed by atoms with Crippen LogP contribution < -0.4 is 10.2 Å². The van der Waals surface area contributed by atoms with E-state index in [2.05, 4.69) is 32.2 Å². The van der Waals surface area contributed by atoms with Crippen molar-refractivity contribution in [3.63, 3.8) is 0 Å². The van der Waals surface area contributed by atoms with Crippen molar-refractivity contribution in [3.8, 4) is 0 Å². The number of nitrogens with one attached hydrogen (secondary N) is 1. The molecule has 0 saturated carbocycles. The monoisotopic (exact) mass is 364 g/mol. The number of rotatable bonds is 5. The van der Waals surface area contributed by atoms with Crippen LogP contribution >= 0.6 is 0 Å². The summed E-state index contributed by atoms with van der Waals surface area (Å²) >= 11 is 0. The molecule has 1 unspecified atom stereocenters. The molecule has 2 amide bonds. The number of para-hydroxylation sites is 2. The minimum Gasteiger partial charge on any atom is -0.326 e. The first-order chi connectivity index (χ1) is 12.9. The molecule has 2 aromatic rings. The molecule has 1 aliphatic heterocycles. The minimum absolute atomic E-state index is 0.0233. The molecule has 1 aliphatic rings. The highest BCUT2D eigenvalue weighted by molar-refractivity contribution is 6.04. The van der Waals surface area contributed by atoms with Crippen LogP contribution in [0.3, 0.4) is 0 Å². The van der Waals surface area contributed by atoms with Crippen molar-refractivity contribution in [2.45, 2.75) is 46.5 Å². The van der Waals surface area contributed by atoms with E-state index in [1.54, 1.807) is 4.90 Å². The molecule has 0 bridgehead atoms. The number of nitrogens with zero attached hydrogens (tertiary/aromatic N) is 1. The molecule has 3 rings (SSSR count). The molecule has 4 nitrogen and oxygen atoms in total. The maximum Gasteiger partial charge on any atom is 0.229 e. The van der Waals surface area contributed by atoms with Crippen molar-refractivity contribution in [1.29, 1.82) is 0 Å². The molecular formula is C23H28N2O2. The average molecular weight is 364 g/mol. The van der Waals surface area contributed by atoms with Gasteiger partial charge in [0, 0.05) is 24.3 Å². The molecular weight excluding hydrogens is 336 g/mol. The summed E-state index contributed by atoms with van der Waals surface area (Å²) in [5.74, 6) is -0.0689. The van der Waals surface area contributed by atoms with Crippen molar-refractivity contribution < 1.29 is 9.59 Å². The summed E-state index contributed by atoms with van der Waals surface area (Å²) in [6, 6.07) is 14.0. The molecule has 1 atom stereocenters. The Balaban J connectivity index is 1.81. The maximum atomic E-state index is 12.8. The summed E-state index contributed by atoms with van der Waals surface area (Å²) in [5.41, 5.74) is 5.15. The Morgan fingerprint density at radius 1 is 1.19 bits per heavy atom. The Labute approximate surface area is 161 Å². The zero-order valence-corrected chi connectivity index (χ0v) is 16.6. The van der Waals surface area contributed by atoms with Gasteiger partial charge in [-0.15, -0.1) is 0 Å². The average Bonchev–Trinajstić information content (AvgIpc) is 3.03. The molecule has 2 aromatic carbocycles. The molecule has 4 heteroatoms. The number of benzene rings is 2. The standard InChI is InChI=1S/C23H28N2O2/c1-5-17-10-6-7-12-20(17)24-23(27)18-13-21(26)25(14-18)22-16(4)9-8-11-19(22)15(2)3/h6-12,15,18H,5,13-14H2,1-4H3,(H,24,27). The van der Waals surface area contributed by atoms with E-state index < -0.39 is 0 Å². The molecule has 142 valence electrons. The predicted octanol–water partition coefficient (Wildman–Crippen LogP) is 4.67. The van der Waals surface area contributed by atoms with Gasteiger partial charge in [-0.3, -0.25) is 9.59 Å². The number of carbonyl (C=O) groups excluding carboxylic acids is 2. The van der Waals surface area contributed by atoms with Crippen LogP contribution in [0.4, 0.5) is 11.4 Å². The summed E-state index contributed by atoms with van der Waals surface area (Å²) < 4.78 is 0. The number of anilines is 2. The quantitative estimate of drug-likeness (QED) is 0.838. The number of aryl methyl sites for hydroxylation is 2. The van der Waals surface area contributed by atoms with E-state index >= 15 is 0 Å². The van der Waals surface area contributed by atoms with Crippen molar-refractivity contribution in [3.05, 3.63) is 59.2 Å². The van der Waals surface area contributed by atoms with E-state index in [9.17, 15) is 9.59 Å². The highest BCUT2D eigenvalue weighted by Gasteiger charge is 2.36. The maximum absolute atomic E-state index is 12.8. The second-order valence-corrected chi connectivity index (χ2v) is 7.57. The van der Waals surface area contributed by atoms with Crippen LogP contribution in [-0.2, 0) is 16.0 Å². The van der Waals surface area contributed by atoms with Gasteiger partial charge in [-0.1, -0.05) is 57.2 Å². The minimum atomic E-state index is -0.331. The van der Waals surface area contributed by atoms with Gasteiger partial charge in [0.05, 0.1) is 5.92 Å².